The molecule has 2 aliphatic heterocycles. The number of hydrogen-bond donors (Lipinski definition) is 0. The fourth-order valence-electron chi connectivity index (χ4n) is 3.65. The maximum Gasteiger partial charge on any atom is 0.473 e. The van der Waals surface area contributed by atoms with Gasteiger partial charge in [0.1, 0.15) is 11.9 Å². The molecule has 1 aromatic carbocycles. The SMILES string of the molecule is CCOC(=O)C1=C2CC(=NC(=O)C(F)(F)F)CN2C(c2nccs2)=N[C@H]1c1ccc(F)cc1Cl. The van der Waals surface area contributed by atoms with E-state index in [0.717, 1.165) is 12.1 Å². The summed E-state index contributed by atoms with van der Waals surface area (Å²) in [5.74, 6) is -3.35. The number of carbonyl (C=O) groups is 2. The summed E-state index contributed by atoms with van der Waals surface area (Å²) in [6.07, 6.45) is -3.84. The molecule has 0 radical (unpaired) electrons. The summed E-state index contributed by atoms with van der Waals surface area (Å²) >= 11 is 7.49. The molecule has 34 heavy (non-hydrogen) atoms. The third-order valence-electron chi connectivity index (χ3n) is 5.01. The molecule has 7 nitrogen and oxygen atoms in total. The third kappa shape index (κ3) is 4.60. The highest BCUT2D eigenvalue weighted by molar-refractivity contribution is 7.11. The molecule has 0 bridgehead atoms. The standard InChI is InChI=1S/C21H15ClF4N4O3S/c1-2-33-19(31)15-14-8-11(28-20(32)21(24,25)26)9-30(14)17(18-27-5-6-34-18)29-16(15)12-4-3-10(23)7-13(12)22/h3-7,16H,2,8-9H2,1H3/t16-/m0/s1. The topological polar surface area (TPSA) is 84.2 Å². The van der Waals surface area contributed by atoms with Gasteiger partial charge in [-0.05, 0) is 19.1 Å². The van der Waals surface area contributed by atoms with E-state index in [4.69, 9.17) is 16.3 Å². The number of aliphatic imine (C=N–C) groups is 2. The number of hydrogen-bond acceptors (Lipinski definition) is 7. The first kappa shape index (κ1) is 24.0. The number of amidine groups is 1. The van der Waals surface area contributed by atoms with Gasteiger partial charge >= 0.3 is 18.1 Å². The summed E-state index contributed by atoms with van der Waals surface area (Å²) in [5.41, 5.74) is 0.469. The Morgan fingerprint density at radius 1 is 1.35 bits per heavy atom. The zero-order chi connectivity index (χ0) is 24.6. The zero-order valence-electron chi connectivity index (χ0n) is 17.4. The second kappa shape index (κ2) is 9.26. The molecule has 1 atom stereocenters. The van der Waals surface area contributed by atoms with Gasteiger partial charge in [0, 0.05) is 40.0 Å². The second-order valence-corrected chi connectivity index (χ2v) is 8.48. The Balaban J connectivity index is 1.90. The van der Waals surface area contributed by atoms with Crippen LogP contribution in [-0.2, 0) is 14.3 Å². The number of fused-ring (bicyclic) bond motifs is 1. The van der Waals surface area contributed by atoms with E-state index in [1.807, 2.05) is 0 Å². The average Bonchev–Trinajstić information content (AvgIpc) is 3.42. The Morgan fingerprint density at radius 2 is 2.12 bits per heavy atom. The molecule has 0 aliphatic carbocycles. The van der Waals surface area contributed by atoms with Crippen LogP contribution in [0.4, 0.5) is 17.6 Å². The van der Waals surface area contributed by atoms with Gasteiger partial charge in [-0.1, -0.05) is 17.7 Å². The van der Waals surface area contributed by atoms with Crippen LogP contribution < -0.4 is 0 Å². The number of amides is 1. The highest BCUT2D eigenvalue weighted by Crippen LogP contribution is 2.42. The normalized spacial score (nSPS) is 19.4. The van der Waals surface area contributed by atoms with E-state index in [2.05, 4.69) is 15.0 Å². The van der Waals surface area contributed by atoms with E-state index in [1.54, 1.807) is 12.3 Å². The van der Waals surface area contributed by atoms with Crippen molar-refractivity contribution in [2.45, 2.75) is 25.6 Å². The number of esters is 1. The highest BCUT2D eigenvalue weighted by atomic mass is 35.5. The van der Waals surface area contributed by atoms with Crippen LogP contribution >= 0.6 is 22.9 Å². The van der Waals surface area contributed by atoms with Gasteiger partial charge in [0.15, 0.2) is 10.8 Å². The van der Waals surface area contributed by atoms with Crippen LogP contribution in [0.25, 0.3) is 0 Å². The van der Waals surface area contributed by atoms with Crippen LogP contribution in [0.2, 0.25) is 5.02 Å². The van der Waals surface area contributed by atoms with Crippen molar-refractivity contribution in [1.82, 2.24) is 9.88 Å². The Morgan fingerprint density at radius 3 is 2.74 bits per heavy atom. The summed E-state index contributed by atoms with van der Waals surface area (Å²) in [6.45, 7) is 1.41. The van der Waals surface area contributed by atoms with Gasteiger partial charge in [-0.25, -0.2) is 19.2 Å². The smallest absolute Gasteiger partial charge is 0.463 e. The number of carbonyl (C=O) groups excluding carboxylic acids is 2. The summed E-state index contributed by atoms with van der Waals surface area (Å²) < 4.78 is 57.3. The van der Waals surface area contributed by atoms with Gasteiger partial charge in [0.2, 0.25) is 0 Å². The molecular weight excluding hydrogens is 500 g/mol. The van der Waals surface area contributed by atoms with Crippen LogP contribution in [0, 0.1) is 5.82 Å². The molecule has 2 aliphatic rings. The Bertz CT molecular complexity index is 1240. The average molecular weight is 515 g/mol. The summed E-state index contributed by atoms with van der Waals surface area (Å²) in [6, 6.07) is 2.55. The third-order valence-corrected chi connectivity index (χ3v) is 6.10. The van der Waals surface area contributed by atoms with Crippen molar-refractivity contribution in [2.24, 2.45) is 9.98 Å². The molecule has 1 fully saturated rings. The summed E-state index contributed by atoms with van der Waals surface area (Å²) in [7, 11) is 0. The second-order valence-electron chi connectivity index (χ2n) is 7.18. The van der Waals surface area contributed by atoms with Gasteiger partial charge in [0.05, 0.1) is 18.7 Å². The zero-order valence-corrected chi connectivity index (χ0v) is 19.0. The first-order valence-corrected chi connectivity index (χ1v) is 11.1. The molecule has 1 saturated heterocycles. The Kier molecular flexibility index (Phi) is 6.54. The monoisotopic (exact) mass is 514 g/mol. The molecule has 1 aromatic heterocycles. The van der Waals surface area contributed by atoms with Crippen LogP contribution in [0.1, 0.15) is 30.0 Å². The molecule has 2 aromatic rings. The Labute approximate surface area is 199 Å². The van der Waals surface area contributed by atoms with Crippen LogP contribution in [0.3, 0.4) is 0 Å². The lowest BCUT2D eigenvalue weighted by Crippen LogP contribution is -2.35. The van der Waals surface area contributed by atoms with Crippen molar-refractivity contribution in [3.63, 3.8) is 0 Å². The number of allylic oxidation sites excluding steroid dienone is 1. The van der Waals surface area contributed by atoms with Crippen molar-refractivity contribution in [3.8, 4) is 0 Å². The minimum absolute atomic E-state index is 0.00206. The number of ether oxygens (including phenoxy) is 1. The first-order valence-electron chi connectivity index (χ1n) is 9.88. The molecule has 1 amide bonds. The van der Waals surface area contributed by atoms with E-state index in [0.29, 0.717) is 10.6 Å². The molecule has 0 spiro atoms. The van der Waals surface area contributed by atoms with Crippen LogP contribution in [0.5, 0.6) is 0 Å². The lowest BCUT2D eigenvalue weighted by Gasteiger charge is -2.31. The van der Waals surface area contributed by atoms with Gasteiger partial charge in [0.25, 0.3) is 0 Å². The number of rotatable bonds is 4. The predicted molar refractivity (Wildman–Crippen MR) is 116 cm³/mol. The molecule has 13 heteroatoms. The first-order chi connectivity index (χ1) is 16.1. The van der Waals surface area contributed by atoms with Crippen molar-refractivity contribution in [1.29, 1.82) is 0 Å². The molecule has 3 heterocycles. The van der Waals surface area contributed by atoms with Gasteiger partial charge in [-0.2, -0.15) is 13.2 Å². The van der Waals surface area contributed by atoms with Gasteiger partial charge < -0.3 is 9.64 Å². The minimum Gasteiger partial charge on any atom is -0.463 e. The molecule has 0 saturated carbocycles. The summed E-state index contributed by atoms with van der Waals surface area (Å²) in [4.78, 5) is 38.1. The number of thiazole rings is 1. The fraction of sp³-hybridized carbons (Fsp3) is 0.286. The fourth-order valence-corrected chi connectivity index (χ4v) is 4.56. The quantitative estimate of drug-likeness (QED) is 0.443. The van der Waals surface area contributed by atoms with E-state index in [9.17, 15) is 27.2 Å². The van der Waals surface area contributed by atoms with Crippen LogP contribution in [0.15, 0.2) is 51.0 Å². The molecular formula is C21H15ClF4N4O3S. The maximum absolute atomic E-state index is 13.7. The van der Waals surface area contributed by atoms with Crippen molar-refractivity contribution < 1.29 is 31.9 Å². The van der Waals surface area contributed by atoms with E-state index >= 15 is 0 Å². The van der Waals surface area contributed by atoms with E-state index < -0.39 is 29.9 Å². The summed E-state index contributed by atoms with van der Waals surface area (Å²) in [5, 5.41) is 2.11. The van der Waals surface area contributed by atoms with E-state index in [1.165, 1.54) is 28.5 Å². The van der Waals surface area contributed by atoms with Crippen molar-refractivity contribution >= 4 is 46.4 Å². The minimum atomic E-state index is -5.13. The highest BCUT2D eigenvalue weighted by Gasteiger charge is 2.43. The lowest BCUT2D eigenvalue weighted by atomic mass is 9.94. The largest absolute Gasteiger partial charge is 0.473 e. The maximum atomic E-state index is 13.7. The number of alkyl halides is 3. The molecule has 178 valence electrons. The molecule has 0 unspecified atom stereocenters. The Hall–Kier alpha value is -3.12. The number of benzene rings is 1. The van der Waals surface area contributed by atoms with E-state index in [-0.39, 0.29) is 47.4 Å². The van der Waals surface area contributed by atoms with Gasteiger partial charge in [-0.3, -0.25) is 9.79 Å². The van der Waals surface area contributed by atoms with Gasteiger partial charge in [-0.15, -0.1) is 11.3 Å². The number of nitrogens with zero attached hydrogens (tertiary/aromatic N) is 4. The molecule has 4 rings (SSSR count). The molecule has 0 N–H and O–H groups in total. The predicted octanol–water partition coefficient (Wildman–Crippen LogP) is 4.49. The number of aromatic nitrogens is 1. The van der Waals surface area contributed by atoms with Crippen LogP contribution in [-0.4, -0.2) is 52.6 Å². The lowest BCUT2D eigenvalue weighted by molar-refractivity contribution is -0.169. The van der Waals surface area contributed by atoms with Crippen molar-refractivity contribution in [3.05, 3.63) is 62.5 Å². The number of halogens is 5. The van der Waals surface area contributed by atoms with Crippen molar-refractivity contribution in [2.75, 3.05) is 13.2 Å².